The molecule has 0 aliphatic heterocycles. The molecule has 1 aromatic heterocycles. The molecule has 0 saturated carbocycles. The largest absolute Gasteiger partial charge is 0.366 e. The van der Waals surface area contributed by atoms with Gasteiger partial charge in [0.25, 0.3) is 0 Å². The monoisotopic (exact) mass is 229 g/mol. The third kappa shape index (κ3) is 2.58. The molecule has 0 radical (unpaired) electrons. The molecule has 0 atom stereocenters. The molecule has 0 spiro atoms. The van der Waals surface area contributed by atoms with Gasteiger partial charge in [-0.1, -0.05) is 30.3 Å². The first-order valence-electron chi connectivity index (χ1n) is 4.88. The highest BCUT2D eigenvalue weighted by Crippen LogP contribution is 2.28. The van der Waals surface area contributed by atoms with Crippen molar-refractivity contribution in [2.45, 2.75) is 0 Å². The summed E-state index contributed by atoms with van der Waals surface area (Å²) in [5.74, 6) is -0.422. The number of carbonyl (C=O) groups excluding carboxylic acids is 1. The predicted octanol–water partition coefficient (Wildman–Crippen LogP) is 2.91. The molecule has 0 unspecified atom stereocenters. The van der Waals surface area contributed by atoms with Gasteiger partial charge in [0, 0.05) is 15.8 Å². The van der Waals surface area contributed by atoms with Crippen molar-refractivity contribution in [2.24, 2.45) is 5.73 Å². The van der Waals surface area contributed by atoms with E-state index >= 15 is 0 Å². The van der Waals surface area contributed by atoms with Crippen LogP contribution in [0, 0.1) is 0 Å². The van der Waals surface area contributed by atoms with Crippen LogP contribution in [0.1, 0.15) is 4.88 Å². The van der Waals surface area contributed by atoms with Crippen molar-refractivity contribution < 1.29 is 4.79 Å². The Hall–Kier alpha value is -1.87. The fourth-order valence-electron chi connectivity index (χ4n) is 1.36. The zero-order valence-corrected chi connectivity index (χ0v) is 9.41. The van der Waals surface area contributed by atoms with Crippen LogP contribution in [0.25, 0.3) is 16.5 Å². The maximum atomic E-state index is 10.6. The van der Waals surface area contributed by atoms with E-state index in [-0.39, 0.29) is 0 Å². The molecule has 0 fully saturated rings. The molecule has 2 rings (SSSR count). The summed E-state index contributed by atoms with van der Waals surface area (Å²) in [7, 11) is 0. The first-order chi connectivity index (χ1) is 7.75. The van der Waals surface area contributed by atoms with E-state index < -0.39 is 5.91 Å². The Bertz CT molecular complexity index is 514. The summed E-state index contributed by atoms with van der Waals surface area (Å²) in [4.78, 5) is 12.8. The third-order valence-electron chi connectivity index (χ3n) is 2.10. The molecule has 0 aliphatic rings. The van der Waals surface area contributed by atoms with Gasteiger partial charge < -0.3 is 5.73 Å². The number of primary amides is 1. The summed E-state index contributed by atoms with van der Waals surface area (Å²) >= 11 is 1.63. The second kappa shape index (κ2) is 4.77. The SMILES string of the molecule is NC(=O)C=Cc1ccc(-c2ccccc2)s1. The minimum absolute atomic E-state index is 0.422. The van der Waals surface area contributed by atoms with E-state index in [0.29, 0.717) is 0 Å². The lowest BCUT2D eigenvalue weighted by molar-refractivity contribution is -0.113. The zero-order chi connectivity index (χ0) is 11.4. The van der Waals surface area contributed by atoms with E-state index in [2.05, 4.69) is 12.1 Å². The molecule has 1 aromatic carbocycles. The highest BCUT2D eigenvalue weighted by atomic mass is 32.1. The number of rotatable bonds is 3. The van der Waals surface area contributed by atoms with Gasteiger partial charge in [-0.05, 0) is 23.8 Å². The number of hydrogen-bond donors (Lipinski definition) is 1. The fraction of sp³-hybridized carbons (Fsp3) is 0. The van der Waals surface area contributed by atoms with Crippen molar-refractivity contribution in [3.63, 3.8) is 0 Å². The quantitative estimate of drug-likeness (QED) is 0.808. The van der Waals surface area contributed by atoms with Crippen LogP contribution >= 0.6 is 11.3 Å². The lowest BCUT2D eigenvalue weighted by Gasteiger charge is -1.94. The molecule has 1 amide bonds. The van der Waals surface area contributed by atoms with Gasteiger partial charge in [-0.15, -0.1) is 11.3 Å². The van der Waals surface area contributed by atoms with Crippen LogP contribution in [-0.4, -0.2) is 5.91 Å². The highest BCUT2D eigenvalue weighted by molar-refractivity contribution is 7.16. The Morgan fingerprint density at radius 1 is 1.12 bits per heavy atom. The Morgan fingerprint density at radius 3 is 2.56 bits per heavy atom. The van der Waals surface area contributed by atoms with Gasteiger partial charge in [0.05, 0.1) is 0 Å². The Kier molecular flexibility index (Phi) is 3.17. The summed E-state index contributed by atoms with van der Waals surface area (Å²) in [6.45, 7) is 0. The number of hydrogen-bond acceptors (Lipinski definition) is 2. The number of benzene rings is 1. The molecule has 80 valence electrons. The van der Waals surface area contributed by atoms with Crippen LogP contribution in [0.15, 0.2) is 48.5 Å². The first kappa shape index (κ1) is 10.6. The van der Waals surface area contributed by atoms with Crippen molar-refractivity contribution >= 4 is 23.3 Å². The van der Waals surface area contributed by atoms with Gasteiger partial charge in [0.15, 0.2) is 0 Å². The summed E-state index contributed by atoms with van der Waals surface area (Å²) < 4.78 is 0. The Balaban J connectivity index is 2.23. The van der Waals surface area contributed by atoms with E-state index in [1.54, 1.807) is 17.4 Å². The maximum absolute atomic E-state index is 10.6. The first-order valence-corrected chi connectivity index (χ1v) is 5.70. The maximum Gasteiger partial charge on any atom is 0.241 e. The standard InChI is InChI=1S/C13H11NOS/c14-13(15)9-7-11-6-8-12(16-11)10-4-2-1-3-5-10/h1-9H,(H2,14,15). The predicted molar refractivity (Wildman–Crippen MR) is 68.0 cm³/mol. The van der Waals surface area contributed by atoms with Crippen molar-refractivity contribution in [1.29, 1.82) is 0 Å². The summed E-state index contributed by atoms with van der Waals surface area (Å²) in [5, 5.41) is 0. The van der Waals surface area contributed by atoms with Gasteiger partial charge in [-0.2, -0.15) is 0 Å². The van der Waals surface area contributed by atoms with Crippen LogP contribution in [0.2, 0.25) is 0 Å². The number of thiophene rings is 1. The second-order valence-electron chi connectivity index (χ2n) is 3.30. The Morgan fingerprint density at radius 2 is 1.88 bits per heavy atom. The second-order valence-corrected chi connectivity index (χ2v) is 4.42. The van der Waals surface area contributed by atoms with E-state index in [0.717, 1.165) is 4.88 Å². The molecular formula is C13H11NOS. The molecule has 0 saturated heterocycles. The van der Waals surface area contributed by atoms with E-state index in [1.165, 1.54) is 16.5 Å². The van der Waals surface area contributed by atoms with Crippen molar-refractivity contribution in [3.05, 3.63) is 53.4 Å². The van der Waals surface area contributed by atoms with E-state index in [9.17, 15) is 4.79 Å². The van der Waals surface area contributed by atoms with Gasteiger partial charge >= 0.3 is 0 Å². The average molecular weight is 229 g/mol. The normalized spacial score (nSPS) is 10.8. The van der Waals surface area contributed by atoms with Gasteiger partial charge in [-0.25, -0.2) is 0 Å². The smallest absolute Gasteiger partial charge is 0.241 e. The zero-order valence-electron chi connectivity index (χ0n) is 8.59. The highest BCUT2D eigenvalue weighted by Gasteiger charge is 1.99. The van der Waals surface area contributed by atoms with Crippen LogP contribution in [0.3, 0.4) is 0 Å². The van der Waals surface area contributed by atoms with Crippen molar-refractivity contribution in [1.82, 2.24) is 0 Å². The number of amides is 1. The topological polar surface area (TPSA) is 43.1 Å². The van der Waals surface area contributed by atoms with Gasteiger partial charge in [-0.3, -0.25) is 4.79 Å². The summed E-state index contributed by atoms with van der Waals surface area (Å²) in [5.41, 5.74) is 6.22. The minimum Gasteiger partial charge on any atom is -0.366 e. The average Bonchev–Trinajstić information content (AvgIpc) is 2.76. The van der Waals surface area contributed by atoms with Crippen LogP contribution < -0.4 is 5.73 Å². The molecule has 2 nitrogen and oxygen atoms in total. The van der Waals surface area contributed by atoms with Crippen LogP contribution in [0.5, 0.6) is 0 Å². The van der Waals surface area contributed by atoms with E-state index in [4.69, 9.17) is 5.73 Å². The fourth-order valence-corrected chi connectivity index (χ4v) is 2.28. The van der Waals surface area contributed by atoms with Crippen LogP contribution in [0.4, 0.5) is 0 Å². The van der Waals surface area contributed by atoms with Crippen molar-refractivity contribution in [2.75, 3.05) is 0 Å². The number of carbonyl (C=O) groups is 1. The molecule has 2 N–H and O–H groups in total. The molecule has 2 aromatic rings. The van der Waals surface area contributed by atoms with Crippen LogP contribution in [-0.2, 0) is 4.79 Å². The Labute approximate surface area is 98.0 Å². The molecular weight excluding hydrogens is 218 g/mol. The number of nitrogens with two attached hydrogens (primary N) is 1. The van der Waals surface area contributed by atoms with Gasteiger partial charge in [0.1, 0.15) is 0 Å². The van der Waals surface area contributed by atoms with E-state index in [1.807, 2.05) is 30.3 Å². The van der Waals surface area contributed by atoms with Gasteiger partial charge in [0.2, 0.25) is 5.91 Å². The molecule has 1 heterocycles. The summed E-state index contributed by atoms with van der Waals surface area (Å²) in [6.07, 6.45) is 3.11. The molecule has 0 aliphatic carbocycles. The molecule has 0 bridgehead atoms. The lowest BCUT2D eigenvalue weighted by Crippen LogP contribution is -2.04. The lowest BCUT2D eigenvalue weighted by atomic mass is 10.2. The summed E-state index contributed by atoms with van der Waals surface area (Å²) in [6, 6.07) is 14.2. The third-order valence-corrected chi connectivity index (χ3v) is 3.20. The minimum atomic E-state index is -0.422. The molecule has 3 heteroatoms. The van der Waals surface area contributed by atoms with Crippen molar-refractivity contribution in [3.8, 4) is 10.4 Å². The molecule has 16 heavy (non-hydrogen) atoms.